The van der Waals surface area contributed by atoms with Gasteiger partial charge in [-0.05, 0) is 37.1 Å². The zero-order valence-corrected chi connectivity index (χ0v) is 14.4. The SMILES string of the molecule is CC1=C(c2nc(CCO)no2)N=c2cc3c(c(C)c21)=Nc1ccccc1-3. The fourth-order valence-corrected chi connectivity index (χ4v) is 3.70. The second-order valence-corrected chi connectivity index (χ2v) is 6.50. The van der Waals surface area contributed by atoms with Crippen LogP contribution in [0.2, 0.25) is 0 Å². The van der Waals surface area contributed by atoms with Gasteiger partial charge in [-0.15, -0.1) is 0 Å². The predicted molar refractivity (Wildman–Crippen MR) is 96.2 cm³/mol. The van der Waals surface area contributed by atoms with E-state index in [1.165, 1.54) is 0 Å². The second kappa shape index (κ2) is 5.44. The van der Waals surface area contributed by atoms with Crippen LogP contribution >= 0.6 is 0 Å². The number of para-hydroxylation sites is 1. The Hall–Kier alpha value is -3.12. The van der Waals surface area contributed by atoms with Gasteiger partial charge < -0.3 is 9.63 Å². The maximum absolute atomic E-state index is 9.03. The molecular formula is C20H16N4O2. The van der Waals surface area contributed by atoms with Crippen LogP contribution in [0.1, 0.15) is 29.8 Å². The number of aromatic nitrogens is 2. The molecule has 0 saturated carbocycles. The molecule has 0 saturated heterocycles. The van der Waals surface area contributed by atoms with Crippen molar-refractivity contribution < 1.29 is 9.63 Å². The summed E-state index contributed by atoms with van der Waals surface area (Å²) < 4.78 is 5.35. The predicted octanol–water partition coefficient (Wildman–Crippen LogP) is 2.37. The molecule has 26 heavy (non-hydrogen) atoms. The molecule has 1 N–H and O–H groups in total. The monoisotopic (exact) mass is 344 g/mol. The van der Waals surface area contributed by atoms with Gasteiger partial charge in [0.1, 0.15) is 5.70 Å². The molecule has 0 atom stereocenters. The highest BCUT2D eigenvalue weighted by Crippen LogP contribution is 2.35. The topological polar surface area (TPSA) is 83.9 Å². The zero-order valence-electron chi connectivity index (χ0n) is 14.4. The molecule has 2 aromatic carbocycles. The Morgan fingerprint density at radius 3 is 2.77 bits per heavy atom. The average Bonchev–Trinajstić information content (AvgIpc) is 3.32. The van der Waals surface area contributed by atoms with E-state index in [9.17, 15) is 0 Å². The molecule has 0 spiro atoms. The van der Waals surface area contributed by atoms with Gasteiger partial charge >= 0.3 is 0 Å². The summed E-state index contributed by atoms with van der Waals surface area (Å²) in [6.07, 6.45) is 0.367. The number of allylic oxidation sites excluding steroid dienone is 1. The number of aliphatic hydroxyl groups is 1. The largest absolute Gasteiger partial charge is 0.396 e. The zero-order chi connectivity index (χ0) is 17.8. The fraction of sp³-hybridized carbons (Fsp3) is 0.200. The van der Waals surface area contributed by atoms with Crippen LogP contribution in [0.5, 0.6) is 0 Å². The van der Waals surface area contributed by atoms with Gasteiger partial charge in [-0.25, -0.2) is 9.98 Å². The van der Waals surface area contributed by atoms with E-state index in [2.05, 4.69) is 29.2 Å². The third-order valence-corrected chi connectivity index (χ3v) is 4.92. The summed E-state index contributed by atoms with van der Waals surface area (Å²) in [6.45, 7) is 4.09. The van der Waals surface area contributed by atoms with E-state index in [4.69, 9.17) is 19.6 Å². The molecule has 0 amide bonds. The van der Waals surface area contributed by atoms with E-state index < -0.39 is 0 Å². The molecule has 0 aliphatic carbocycles. The lowest BCUT2D eigenvalue weighted by molar-refractivity contribution is 0.293. The number of hydrogen-bond donors (Lipinski definition) is 1. The highest BCUT2D eigenvalue weighted by Gasteiger charge is 2.25. The van der Waals surface area contributed by atoms with Crippen LogP contribution in [-0.2, 0) is 6.42 Å². The number of aliphatic hydroxyl groups excluding tert-OH is 1. The van der Waals surface area contributed by atoms with Crippen molar-refractivity contribution in [1.29, 1.82) is 0 Å². The van der Waals surface area contributed by atoms with Crippen LogP contribution in [0.4, 0.5) is 5.69 Å². The second-order valence-electron chi connectivity index (χ2n) is 6.50. The molecule has 1 aromatic heterocycles. The van der Waals surface area contributed by atoms with E-state index in [1.54, 1.807) is 0 Å². The van der Waals surface area contributed by atoms with Crippen LogP contribution in [0.25, 0.3) is 22.4 Å². The maximum atomic E-state index is 9.03. The minimum absolute atomic E-state index is 0.0128. The van der Waals surface area contributed by atoms with Gasteiger partial charge in [-0.3, -0.25) is 0 Å². The van der Waals surface area contributed by atoms with Crippen molar-refractivity contribution in [3.05, 3.63) is 63.9 Å². The Labute approximate surface area is 149 Å². The van der Waals surface area contributed by atoms with Crippen LogP contribution < -0.4 is 10.7 Å². The Bertz CT molecular complexity index is 1220. The molecular weight excluding hydrogens is 328 g/mol. The molecule has 2 aliphatic rings. The van der Waals surface area contributed by atoms with Crippen LogP contribution in [0.3, 0.4) is 0 Å². The molecule has 128 valence electrons. The fourth-order valence-electron chi connectivity index (χ4n) is 3.70. The lowest BCUT2D eigenvalue weighted by Crippen LogP contribution is -2.18. The van der Waals surface area contributed by atoms with E-state index in [0.29, 0.717) is 23.8 Å². The minimum atomic E-state index is -0.0128. The van der Waals surface area contributed by atoms with Gasteiger partial charge in [-0.2, -0.15) is 4.98 Å². The van der Waals surface area contributed by atoms with E-state index >= 15 is 0 Å². The van der Waals surface area contributed by atoms with E-state index in [1.807, 2.05) is 25.1 Å². The summed E-state index contributed by atoms with van der Waals surface area (Å²) in [5.74, 6) is 0.871. The summed E-state index contributed by atoms with van der Waals surface area (Å²) in [4.78, 5) is 13.9. The summed E-state index contributed by atoms with van der Waals surface area (Å²) >= 11 is 0. The quantitative estimate of drug-likeness (QED) is 0.618. The van der Waals surface area contributed by atoms with Crippen molar-refractivity contribution in [3.63, 3.8) is 0 Å². The average molecular weight is 344 g/mol. The third kappa shape index (κ3) is 2.02. The number of benzene rings is 2. The van der Waals surface area contributed by atoms with Crippen molar-refractivity contribution in [2.45, 2.75) is 20.3 Å². The molecule has 0 fully saturated rings. The summed E-state index contributed by atoms with van der Waals surface area (Å²) in [7, 11) is 0. The first-order valence-electron chi connectivity index (χ1n) is 8.53. The van der Waals surface area contributed by atoms with Crippen molar-refractivity contribution >= 4 is 17.0 Å². The van der Waals surface area contributed by atoms with Gasteiger partial charge in [0, 0.05) is 23.1 Å². The molecule has 0 bridgehead atoms. The van der Waals surface area contributed by atoms with Crippen LogP contribution in [0.15, 0.2) is 44.8 Å². The lowest BCUT2D eigenvalue weighted by Gasteiger charge is -2.05. The molecule has 6 nitrogen and oxygen atoms in total. The smallest absolute Gasteiger partial charge is 0.276 e. The maximum Gasteiger partial charge on any atom is 0.276 e. The van der Waals surface area contributed by atoms with E-state index in [-0.39, 0.29) is 6.61 Å². The standard InChI is InChI=1S/C20H16N4O2/c1-10-17-11(2)19(20-23-16(7-8-25)24-26-20)22-15(17)9-13-12-5-3-4-6-14(12)21-18(10)13/h3-6,9,25H,7-8H2,1-2H3. The van der Waals surface area contributed by atoms with Gasteiger partial charge in [-0.1, -0.05) is 23.4 Å². The third-order valence-electron chi connectivity index (χ3n) is 4.92. The van der Waals surface area contributed by atoms with Crippen LogP contribution in [-0.4, -0.2) is 21.9 Å². The van der Waals surface area contributed by atoms with Gasteiger partial charge in [0.05, 0.1) is 23.0 Å². The Morgan fingerprint density at radius 2 is 1.92 bits per heavy atom. The van der Waals surface area contributed by atoms with Crippen molar-refractivity contribution in [3.8, 4) is 11.1 Å². The normalized spacial score (nSPS) is 14.0. The number of nitrogens with zero attached hydrogens (tertiary/aromatic N) is 4. The summed E-state index contributed by atoms with van der Waals surface area (Å²) in [5.41, 5.74) is 7.14. The highest BCUT2D eigenvalue weighted by atomic mass is 16.5. The molecule has 0 unspecified atom stereocenters. The molecule has 5 rings (SSSR count). The molecule has 2 aliphatic heterocycles. The van der Waals surface area contributed by atoms with Crippen molar-refractivity contribution in [1.82, 2.24) is 10.1 Å². The molecule has 6 heteroatoms. The number of rotatable bonds is 3. The Morgan fingerprint density at radius 1 is 1.08 bits per heavy atom. The molecule has 3 aromatic rings. The Kier molecular flexibility index (Phi) is 3.17. The van der Waals surface area contributed by atoms with Gasteiger partial charge in [0.2, 0.25) is 0 Å². The van der Waals surface area contributed by atoms with Gasteiger partial charge in [0.15, 0.2) is 5.82 Å². The van der Waals surface area contributed by atoms with Crippen LogP contribution in [0, 0.1) is 6.92 Å². The van der Waals surface area contributed by atoms with Crippen molar-refractivity contribution in [2.75, 3.05) is 6.61 Å². The lowest BCUT2D eigenvalue weighted by atomic mass is 9.96. The first-order valence-corrected chi connectivity index (χ1v) is 8.53. The minimum Gasteiger partial charge on any atom is -0.396 e. The van der Waals surface area contributed by atoms with Gasteiger partial charge in [0.25, 0.3) is 5.89 Å². The summed E-state index contributed by atoms with van der Waals surface area (Å²) in [5, 5.41) is 14.8. The van der Waals surface area contributed by atoms with E-state index in [0.717, 1.165) is 44.2 Å². The Balaban J connectivity index is 1.70. The first-order chi connectivity index (χ1) is 12.7. The highest BCUT2D eigenvalue weighted by molar-refractivity contribution is 5.92. The summed E-state index contributed by atoms with van der Waals surface area (Å²) in [6, 6.07) is 10.2. The number of hydrogen-bond acceptors (Lipinski definition) is 6. The molecule has 3 heterocycles. The van der Waals surface area contributed by atoms with Crippen molar-refractivity contribution in [2.24, 2.45) is 9.98 Å². The first kappa shape index (κ1) is 15.2. The molecule has 0 radical (unpaired) electrons. The number of fused-ring (bicyclic) bond motifs is 4.